The highest BCUT2D eigenvalue weighted by Gasteiger charge is 2.18. The van der Waals surface area contributed by atoms with Crippen LogP contribution in [0.15, 0.2) is 24.8 Å². The van der Waals surface area contributed by atoms with Gasteiger partial charge in [0.05, 0.1) is 19.3 Å². The van der Waals surface area contributed by atoms with Crippen LogP contribution in [0.3, 0.4) is 0 Å². The number of hydrogen-bond donors (Lipinski definition) is 4. The number of rotatable bonds is 9. The van der Waals surface area contributed by atoms with Crippen molar-refractivity contribution in [2.24, 2.45) is 0 Å². The number of nitrogens with one attached hydrogen (secondary N) is 2. The third kappa shape index (κ3) is 8.09. The molecule has 0 aromatic rings. The van der Waals surface area contributed by atoms with Gasteiger partial charge < -0.3 is 25.6 Å². The fraction of sp³-hybridized carbons (Fsp3) is 0.500. The summed E-state index contributed by atoms with van der Waals surface area (Å²) in [7, 11) is 0. The summed E-state index contributed by atoms with van der Waals surface area (Å²) in [6, 6.07) is 0. The van der Waals surface area contributed by atoms with Crippen LogP contribution in [-0.4, -0.2) is 54.1 Å². The van der Waals surface area contributed by atoms with Crippen molar-refractivity contribution < 1.29 is 24.5 Å². The minimum atomic E-state index is -1.69. The lowest BCUT2D eigenvalue weighted by Crippen LogP contribution is -2.48. The quantitative estimate of drug-likeness (QED) is 0.180. The van der Waals surface area contributed by atoms with Crippen LogP contribution < -0.4 is 10.6 Å². The third-order valence-electron chi connectivity index (χ3n) is 1.96. The topological polar surface area (TPSA) is 108 Å². The highest BCUT2D eigenvalue weighted by atomic mass is 16.5. The molecule has 0 aromatic heterocycles. The molecule has 0 aromatic carbocycles. The zero-order valence-corrected chi connectivity index (χ0v) is 10.9. The Morgan fingerprint density at radius 1 is 1.42 bits per heavy atom. The van der Waals surface area contributed by atoms with E-state index in [1.807, 2.05) is 5.32 Å². The Morgan fingerprint density at radius 2 is 2.05 bits per heavy atom. The normalized spacial score (nSPS) is 13.2. The Bertz CT molecular complexity index is 343. The van der Waals surface area contributed by atoms with E-state index in [2.05, 4.69) is 18.5 Å². The van der Waals surface area contributed by atoms with Crippen molar-refractivity contribution in [2.75, 3.05) is 19.8 Å². The van der Waals surface area contributed by atoms with E-state index >= 15 is 0 Å². The molecule has 0 spiro atoms. The molecule has 0 rings (SSSR count). The highest BCUT2D eigenvalue weighted by Crippen LogP contribution is 1.89. The molecular formula is C12H20N2O5. The Hall–Kier alpha value is -1.70. The van der Waals surface area contributed by atoms with Gasteiger partial charge in [0.2, 0.25) is 12.1 Å². The number of amides is 2. The molecule has 0 saturated heterocycles. The van der Waals surface area contributed by atoms with E-state index in [0.717, 1.165) is 0 Å². The molecule has 0 aliphatic rings. The van der Waals surface area contributed by atoms with E-state index in [4.69, 9.17) is 4.74 Å². The van der Waals surface area contributed by atoms with Gasteiger partial charge >= 0.3 is 0 Å². The fourth-order valence-electron chi connectivity index (χ4n) is 0.974. The standard InChI is InChI=1S/C12H20N2O5/c1-4-5-19-7-9(15)6-13-11(17)12(18)14-10(16)8(2)3/h4,9,12,15,18H,1-2,5-7H2,3H3,(H,13,17)(H,14,16). The maximum absolute atomic E-state index is 11.4. The van der Waals surface area contributed by atoms with Crippen molar-refractivity contribution in [3.63, 3.8) is 0 Å². The summed E-state index contributed by atoms with van der Waals surface area (Å²) in [5.74, 6) is -1.45. The molecule has 0 fully saturated rings. The van der Waals surface area contributed by atoms with Crippen LogP contribution >= 0.6 is 0 Å². The van der Waals surface area contributed by atoms with E-state index in [1.54, 1.807) is 0 Å². The van der Waals surface area contributed by atoms with E-state index in [-0.39, 0.29) is 18.7 Å². The number of carbonyl (C=O) groups is 2. The van der Waals surface area contributed by atoms with E-state index < -0.39 is 24.1 Å². The van der Waals surface area contributed by atoms with Gasteiger partial charge in [-0.15, -0.1) is 6.58 Å². The summed E-state index contributed by atoms with van der Waals surface area (Å²) >= 11 is 0. The molecule has 0 aliphatic heterocycles. The molecule has 0 bridgehead atoms. The Labute approximate surface area is 111 Å². The Kier molecular flexibility index (Phi) is 8.43. The van der Waals surface area contributed by atoms with Gasteiger partial charge in [0.25, 0.3) is 5.91 Å². The molecule has 0 aliphatic carbocycles. The average molecular weight is 272 g/mol. The molecule has 2 unspecified atom stereocenters. The SMILES string of the molecule is C=CCOCC(O)CNC(=O)C(O)NC(=O)C(=C)C. The summed E-state index contributed by atoms with van der Waals surface area (Å²) in [4.78, 5) is 22.5. The highest BCUT2D eigenvalue weighted by molar-refractivity contribution is 5.95. The van der Waals surface area contributed by atoms with Gasteiger partial charge in [0.1, 0.15) is 0 Å². The van der Waals surface area contributed by atoms with Gasteiger partial charge in [-0.25, -0.2) is 0 Å². The Morgan fingerprint density at radius 3 is 2.58 bits per heavy atom. The molecule has 0 saturated carbocycles. The maximum atomic E-state index is 11.4. The van der Waals surface area contributed by atoms with Gasteiger partial charge in [0.15, 0.2) is 0 Å². The van der Waals surface area contributed by atoms with Crippen molar-refractivity contribution in [2.45, 2.75) is 19.3 Å². The summed E-state index contributed by atoms with van der Waals surface area (Å²) in [5, 5.41) is 23.1. The van der Waals surface area contributed by atoms with Crippen molar-refractivity contribution in [3.05, 3.63) is 24.8 Å². The predicted molar refractivity (Wildman–Crippen MR) is 69.0 cm³/mol. The molecule has 2 atom stereocenters. The average Bonchev–Trinajstić information content (AvgIpc) is 2.35. The summed E-state index contributed by atoms with van der Waals surface area (Å²) in [6.07, 6.45) is -1.07. The lowest BCUT2D eigenvalue weighted by molar-refractivity contribution is -0.136. The predicted octanol–water partition coefficient (Wildman–Crippen LogP) is -1.32. The van der Waals surface area contributed by atoms with Crippen molar-refractivity contribution >= 4 is 11.8 Å². The summed E-state index contributed by atoms with van der Waals surface area (Å²) in [6.45, 7) is 8.47. The monoisotopic (exact) mass is 272 g/mol. The van der Waals surface area contributed by atoms with Gasteiger partial charge in [-0.3, -0.25) is 9.59 Å². The summed E-state index contributed by atoms with van der Waals surface area (Å²) in [5.41, 5.74) is 0.171. The Balaban J connectivity index is 3.93. The molecule has 0 heterocycles. The first-order chi connectivity index (χ1) is 8.88. The molecule has 7 nitrogen and oxygen atoms in total. The fourth-order valence-corrected chi connectivity index (χ4v) is 0.974. The minimum Gasteiger partial charge on any atom is -0.389 e. The molecule has 4 N–H and O–H groups in total. The first-order valence-corrected chi connectivity index (χ1v) is 5.67. The lowest BCUT2D eigenvalue weighted by Gasteiger charge is -2.15. The van der Waals surface area contributed by atoms with Gasteiger partial charge in [-0.2, -0.15) is 0 Å². The number of hydrogen-bond acceptors (Lipinski definition) is 5. The number of aliphatic hydroxyl groups excluding tert-OH is 2. The van der Waals surface area contributed by atoms with Crippen molar-refractivity contribution in [1.29, 1.82) is 0 Å². The second kappa shape index (κ2) is 9.26. The van der Waals surface area contributed by atoms with Gasteiger partial charge in [0, 0.05) is 12.1 Å². The smallest absolute Gasteiger partial charge is 0.270 e. The summed E-state index contributed by atoms with van der Waals surface area (Å²) < 4.78 is 4.97. The molecular weight excluding hydrogens is 252 g/mol. The first-order valence-electron chi connectivity index (χ1n) is 5.67. The number of aliphatic hydroxyl groups is 2. The lowest BCUT2D eigenvalue weighted by atomic mass is 10.3. The van der Waals surface area contributed by atoms with Crippen LogP contribution in [0.25, 0.3) is 0 Å². The number of ether oxygens (including phenoxy) is 1. The van der Waals surface area contributed by atoms with Crippen LogP contribution in [-0.2, 0) is 14.3 Å². The molecule has 2 amide bonds. The second-order valence-corrected chi connectivity index (χ2v) is 3.88. The molecule has 19 heavy (non-hydrogen) atoms. The second-order valence-electron chi connectivity index (χ2n) is 3.88. The largest absolute Gasteiger partial charge is 0.389 e. The molecule has 7 heteroatoms. The van der Waals surface area contributed by atoms with Crippen LogP contribution in [0.1, 0.15) is 6.92 Å². The molecule has 0 radical (unpaired) electrons. The van der Waals surface area contributed by atoms with Crippen molar-refractivity contribution in [3.8, 4) is 0 Å². The zero-order valence-electron chi connectivity index (χ0n) is 10.9. The van der Waals surface area contributed by atoms with Crippen LogP contribution in [0.5, 0.6) is 0 Å². The minimum absolute atomic E-state index is 0.0283. The third-order valence-corrected chi connectivity index (χ3v) is 1.96. The molecule has 108 valence electrons. The van der Waals surface area contributed by atoms with Crippen LogP contribution in [0.2, 0.25) is 0 Å². The first kappa shape index (κ1) is 17.3. The number of carbonyl (C=O) groups excluding carboxylic acids is 2. The van der Waals surface area contributed by atoms with E-state index in [1.165, 1.54) is 13.0 Å². The van der Waals surface area contributed by atoms with Crippen LogP contribution in [0.4, 0.5) is 0 Å². The van der Waals surface area contributed by atoms with Gasteiger partial charge in [-0.1, -0.05) is 12.7 Å². The van der Waals surface area contributed by atoms with E-state index in [0.29, 0.717) is 6.61 Å². The van der Waals surface area contributed by atoms with Gasteiger partial charge in [-0.05, 0) is 6.92 Å². The van der Waals surface area contributed by atoms with E-state index in [9.17, 15) is 19.8 Å². The maximum Gasteiger partial charge on any atom is 0.270 e. The van der Waals surface area contributed by atoms with Crippen LogP contribution in [0, 0.1) is 0 Å². The zero-order chi connectivity index (χ0) is 14.8. The van der Waals surface area contributed by atoms with Crippen molar-refractivity contribution in [1.82, 2.24) is 10.6 Å².